The third-order valence-corrected chi connectivity index (χ3v) is 2.83. The Morgan fingerprint density at radius 3 is 2.44 bits per heavy atom. The zero-order valence-electron chi connectivity index (χ0n) is 11.9. The molecule has 0 radical (unpaired) electrons. The molecule has 1 amide bonds. The van der Waals surface area contributed by atoms with Gasteiger partial charge in [0.05, 0.1) is 6.61 Å². The lowest BCUT2D eigenvalue weighted by molar-refractivity contribution is -0.144. The van der Waals surface area contributed by atoms with E-state index in [0.717, 1.165) is 6.42 Å². The van der Waals surface area contributed by atoms with Crippen LogP contribution in [0.5, 0.6) is 0 Å². The second-order valence-corrected chi connectivity index (χ2v) is 6.24. The molecule has 0 saturated carbocycles. The number of hydrogen-bond donors (Lipinski definition) is 0. The van der Waals surface area contributed by atoms with Crippen molar-refractivity contribution in [2.24, 2.45) is 5.41 Å². The first-order valence-electron chi connectivity index (χ1n) is 6.23. The van der Waals surface area contributed by atoms with E-state index in [1.807, 2.05) is 27.7 Å². The molecule has 1 saturated heterocycles. The van der Waals surface area contributed by atoms with E-state index in [9.17, 15) is 9.59 Å². The fourth-order valence-electron chi connectivity index (χ4n) is 1.90. The molecule has 5 nitrogen and oxygen atoms in total. The number of rotatable bonds is 2. The minimum atomic E-state index is -0.480. The highest BCUT2D eigenvalue weighted by atomic mass is 16.6. The minimum absolute atomic E-state index is 0.164. The van der Waals surface area contributed by atoms with Gasteiger partial charge in [-0.1, -0.05) is 6.92 Å². The topological polar surface area (TPSA) is 55.8 Å². The molecule has 0 aromatic heterocycles. The molecule has 0 aromatic rings. The predicted molar refractivity (Wildman–Crippen MR) is 67.2 cm³/mol. The van der Waals surface area contributed by atoms with Crippen LogP contribution in [0.4, 0.5) is 4.79 Å². The molecule has 0 spiro atoms. The van der Waals surface area contributed by atoms with Crippen LogP contribution < -0.4 is 0 Å². The Bertz CT molecular complexity index is 334. The summed E-state index contributed by atoms with van der Waals surface area (Å²) in [5.41, 5.74) is -0.644. The number of carbonyl (C=O) groups excluding carboxylic acids is 2. The van der Waals surface area contributed by atoms with Gasteiger partial charge in [-0.05, 0) is 27.2 Å². The molecule has 0 bridgehead atoms. The Balaban J connectivity index is 2.49. The largest absolute Gasteiger partial charge is 0.465 e. The lowest BCUT2D eigenvalue weighted by Gasteiger charge is -2.26. The Morgan fingerprint density at radius 2 is 1.94 bits per heavy atom. The van der Waals surface area contributed by atoms with Crippen molar-refractivity contribution in [3.05, 3.63) is 0 Å². The van der Waals surface area contributed by atoms with Crippen molar-refractivity contribution < 1.29 is 19.1 Å². The Kier molecular flexibility index (Phi) is 4.24. The van der Waals surface area contributed by atoms with E-state index in [1.165, 1.54) is 6.92 Å². The van der Waals surface area contributed by atoms with E-state index in [-0.39, 0.29) is 17.5 Å². The summed E-state index contributed by atoms with van der Waals surface area (Å²) in [5.74, 6) is -0.285. The summed E-state index contributed by atoms with van der Waals surface area (Å²) in [6.45, 7) is 10.5. The molecule has 5 heteroatoms. The van der Waals surface area contributed by atoms with E-state index in [1.54, 1.807) is 4.90 Å². The number of carbonyl (C=O) groups is 2. The predicted octanol–water partition coefficient (Wildman–Crippen LogP) is 2.20. The smallest absolute Gasteiger partial charge is 0.410 e. The van der Waals surface area contributed by atoms with Crippen LogP contribution in [0.15, 0.2) is 0 Å². The van der Waals surface area contributed by atoms with Gasteiger partial charge < -0.3 is 14.4 Å². The fraction of sp³-hybridized carbons (Fsp3) is 0.846. The standard InChI is InChI=1S/C13H23NO4/c1-10(15)17-9-13(5)6-7-14(8-13)11(16)18-12(2,3)4/h6-9H2,1-5H3. The summed E-state index contributed by atoms with van der Waals surface area (Å²) >= 11 is 0. The van der Waals surface area contributed by atoms with Crippen molar-refractivity contribution in [1.29, 1.82) is 0 Å². The van der Waals surface area contributed by atoms with Crippen LogP contribution >= 0.6 is 0 Å². The van der Waals surface area contributed by atoms with Gasteiger partial charge in [0.25, 0.3) is 0 Å². The van der Waals surface area contributed by atoms with E-state index < -0.39 is 5.60 Å². The van der Waals surface area contributed by atoms with Crippen LogP contribution in [0.2, 0.25) is 0 Å². The summed E-state index contributed by atoms with van der Waals surface area (Å²) in [6.07, 6.45) is 0.522. The molecule has 0 N–H and O–H groups in total. The zero-order valence-corrected chi connectivity index (χ0v) is 11.9. The van der Waals surface area contributed by atoms with Crippen LogP contribution in [0.25, 0.3) is 0 Å². The lowest BCUT2D eigenvalue weighted by atomic mass is 9.91. The molecule has 18 heavy (non-hydrogen) atoms. The van der Waals surface area contributed by atoms with E-state index >= 15 is 0 Å². The number of likely N-dealkylation sites (tertiary alicyclic amines) is 1. The second-order valence-electron chi connectivity index (χ2n) is 6.24. The van der Waals surface area contributed by atoms with Crippen LogP contribution in [0.3, 0.4) is 0 Å². The lowest BCUT2D eigenvalue weighted by Crippen LogP contribution is -2.37. The molecular weight excluding hydrogens is 234 g/mol. The highest BCUT2D eigenvalue weighted by Crippen LogP contribution is 2.31. The summed E-state index contributed by atoms with van der Waals surface area (Å²) in [4.78, 5) is 24.4. The molecule has 0 aromatic carbocycles. The first-order valence-corrected chi connectivity index (χ1v) is 6.23. The van der Waals surface area contributed by atoms with Gasteiger partial charge in [-0.25, -0.2) is 4.79 Å². The monoisotopic (exact) mass is 257 g/mol. The quantitative estimate of drug-likeness (QED) is 0.712. The van der Waals surface area contributed by atoms with Gasteiger partial charge in [0, 0.05) is 25.4 Å². The number of esters is 1. The average Bonchev–Trinajstić information content (AvgIpc) is 2.56. The second kappa shape index (κ2) is 5.16. The fourth-order valence-corrected chi connectivity index (χ4v) is 1.90. The van der Waals surface area contributed by atoms with E-state index in [4.69, 9.17) is 9.47 Å². The number of nitrogens with zero attached hydrogens (tertiary/aromatic N) is 1. The number of hydrogen-bond acceptors (Lipinski definition) is 4. The zero-order chi connectivity index (χ0) is 14.0. The van der Waals surface area contributed by atoms with Crippen molar-refractivity contribution in [2.45, 2.75) is 46.6 Å². The van der Waals surface area contributed by atoms with Gasteiger partial charge in [0.15, 0.2) is 0 Å². The Morgan fingerprint density at radius 1 is 1.33 bits per heavy atom. The van der Waals surface area contributed by atoms with Crippen molar-refractivity contribution in [3.63, 3.8) is 0 Å². The molecule has 1 aliphatic heterocycles. The summed E-state index contributed by atoms with van der Waals surface area (Å²) in [5, 5.41) is 0. The molecule has 1 aliphatic rings. The molecule has 1 fully saturated rings. The minimum Gasteiger partial charge on any atom is -0.465 e. The van der Waals surface area contributed by atoms with Crippen LogP contribution in [0, 0.1) is 5.41 Å². The van der Waals surface area contributed by atoms with Crippen LogP contribution in [0.1, 0.15) is 41.0 Å². The molecule has 104 valence electrons. The van der Waals surface area contributed by atoms with Crippen LogP contribution in [-0.4, -0.2) is 42.3 Å². The highest BCUT2D eigenvalue weighted by Gasteiger charge is 2.38. The third-order valence-electron chi connectivity index (χ3n) is 2.83. The average molecular weight is 257 g/mol. The SMILES string of the molecule is CC(=O)OCC1(C)CCN(C(=O)OC(C)(C)C)C1. The van der Waals surface area contributed by atoms with Gasteiger partial charge in [0.1, 0.15) is 5.60 Å². The number of amides is 1. The maximum atomic E-state index is 11.9. The van der Waals surface area contributed by atoms with Gasteiger partial charge in [-0.3, -0.25) is 4.79 Å². The molecule has 0 aliphatic carbocycles. The highest BCUT2D eigenvalue weighted by molar-refractivity contribution is 5.68. The third kappa shape index (κ3) is 4.55. The van der Waals surface area contributed by atoms with Gasteiger partial charge in [-0.2, -0.15) is 0 Å². The van der Waals surface area contributed by atoms with Crippen molar-refractivity contribution >= 4 is 12.1 Å². The van der Waals surface area contributed by atoms with Gasteiger partial charge in [0.2, 0.25) is 0 Å². The first-order chi connectivity index (χ1) is 8.11. The van der Waals surface area contributed by atoms with E-state index in [2.05, 4.69) is 0 Å². The molecule has 1 atom stereocenters. The first kappa shape index (κ1) is 14.8. The molecular formula is C13H23NO4. The van der Waals surface area contributed by atoms with Gasteiger partial charge >= 0.3 is 12.1 Å². The molecule has 1 heterocycles. The summed E-state index contributed by atoms with van der Waals surface area (Å²) in [7, 11) is 0. The summed E-state index contributed by atoms with van der Waals surface area (Å²) in [6, 6.07) is 0. The normalized spacial score (nSPS) is 23.9. The Hall–Kier alpha value is -1.26. The molecule has 1 unspecified atom stereocenters. The number of ether oxygens (including phenoxy) is 2. The van der Waals surface area contributed by atoms with Crippen molar-refractivity contribution in [1.82, 2.24) is 4.90 Å². The van der Waals surface area contributed by atoms with Crippen molar-refractivity contribution in [2.75, 3.05) is 19.7 Å². The maximum Gasteiger partial charge on any atom is 0.410 e. The van der Waals surface area contributed by atoms with Gasteiger partial charge in [-0.15, -0.1) is 0 Å². The maximum absolute atomic E-state index is 11.9. The summed E-state index contributed by atoms with van der Waals surface area (Å²) < 4.78 is 10.4. The Labute approximate surface area is 108 Å². The molecule has 1 rings (SSSR count). The van der Waals surface area contributed by atoms with E-state index in [0.29, 0.717) is 19.7 Å². The van der Waals surface area contributed by atoms with Crippen molar-refractivity contribution in [3.8, 4) is 0 Å². The van der Waals surface area contributed by atoms with Crippen LogP contribution in [-0.2, 0) is 14.3 Å².